The molecule has 1 unspecified atom stereocenters. The maximum atomic E-state index is 12.7. The standard InChI is InChI=1S/C9H10FNO2/c1-11-8(9(12)13)6-3-2-4-7(10)5-6/h2-5,8,11H,1H3,(H,12,13). The molecule has 4 heteroatoms. The van der Waals surface area contributed by atoms with Gasteiger partial charge in [-0.15, -0.1) is 0 Å². The summed E-state index contributed by atoms with van der Waals surface area (Å²) in [6, 6.07) is 4.68. The summed E-state index contributed by atoms with van der Waals surface area (Å²) in [6.45, 7) is 0. The van der Waals surface area contributed by atoms with E-state index in [1.54, 1.807) is 6.07 Å². The average Bonchev–Trinajstić information content (AvgIpc) is 2.04. The lowest BCUT2D eigenvalue weighted by molar-refractivity contribution is -0.139. The molecule has 0 heterocycles. The third kappa shape index (κ3) is 2.26. The Kier molecular flexibility index (Phi) is 2.97. The molecule has 2 N–H and O–H groups in total. The second-order valence-electron chi connectivity index (χ2n) is 2.61. The number of carboxylic acids is 1. The number of likely N-dealkylation sites (N-methyl/N-ethyl adjacent to an activating group) is 1. The molecule has 0 aliphatic heterocycles. The minimum absolute atomic E-state index is 0.412. The smallest absolute Gasteiger partial charge is 0.325 e. The van der Waals surface area contributed by atoms with Crippen LogP contribution in [0.2, 0.25) is 0 Å². The van der Waals surface area contributed by atoms with Crippen molar-refractivity contribution in [3.05, 3.63) is 35.6 Å². The summed E-state index contributed by atoms with van der Waals surface area (Å²) in [4.78, 5) is 10.7. The highest BCUT2D eigenvalue weighted by Gasteiger charge is 2.17. The molecule has 0 spiro atoms. The number of hydrogen-bond donors (Lipinski definition) is 2. The number of rotatable bonds is 3. The third-order valence-electron chi connectivity index (χ3n) is 1.72. The van der Waals surface area contributed by atoms with Gasteiger partial charge in [0.05, 0.1) is 0 Å². The first-order chi connectivity index (χ1) is 6.15. The fraction of sp³-hybridized carbons (Fsp3) is 0.222. The van der Waals surface area contributed by atoms with Crippen molar-refractivity contribution in [3.8, 4) is 0 Å². The van der Waals surface area contributed by atoms with E-state index in [-0.39, 0.29) is 0 Å². The highest BCUT2D eigenvalue weighted by atomic mass is 19.1. The molecule has 0 bridgehead atoms. The zero-order chi connectivity index (χ0) is 9.84. The lowest BCUT2D eigenvalue weighted by Gasteiger charge is -2.10. The predicted molar refractivity (Wildman–Crippen MR) is 45.8 cm³/mol. The van der Waals surface area contributed by atoms with E-state index in [4.69, 9.17) is 5.11 Å². The molecule has 0 amide bonds. The van der Waals surface area contributed by atoms with Crippen molar-refractivity contribution < 1.29 is 14.3 Å². The van der Waals surface area contributed by atoms with Gasteiger partial charge in [0.2, 0.25) is 0 Å². The van der Waals surface area contributed by atoms with E-state index in [1.807, 2.05) is 0 Å². The quantitative estimate of drug-likeness (QED) is 0.739. The molecule has 13 heavy (non-hydrogen) atoms. The minimum Gasteiger partial charge on any atom is -0.480 e. The Morgan fingerprint density at radius 1 is 1.62 bits per heavy atom. The van der Waals surface area contributed by atoms with Crippen molar-refractivity contribution in [2.75, 3.05) is 7.05 Å². The van der Waals surface area contributed by atoms with Crippen LogP contribution in [0, 0.1) is 5.82 Å². The number of nitrogens with one attached hydrogen (secondary N) is 1. The van der Waals surface area contributed by atoms with Crippen LogP contribution in [-0.2, 0) is 4.79 Å². The zero-order valence-electron chi connectivity index (χ0n) is 7.12. The maximum Gasteiger partial charge on any atom is 0.325 e. The van der Waals surface area contributed by atoms with Crippen LogP contribution in [0.3, 0.4) is 0 Å². The molecule has 0 fully saturated rings. The third-order valence-corrected chi connectivity index (χ3v) is 1.72. The number of aliphatic carboxylic acids is 1. The van der Waals surface area contributed by atoms with Gasteiger partial charge < -0.3 is 10.4 Å². The molecular weight excluding hydrogens is 173 g/mol. The van der Waals surface area contributed by atoms with Crippen LogP contribution >= 0.6 is 0 Å². The van der Waals surface area contributed by atoms with E-state index in [1.165, 1.54) is 25.2 Å². The molecule has 70 valence electrons. The van der Waals surface area contributed by atoms with Gasteiger partial charge in [0, 0.05) is 0 Å². The van der Waals surface area contributed by atoms with Crippen molar-refractivity contribution in [2.24, 2.45) is 0 Å². The van der Waals surface area contributed by atoms with E-state index >= 15 is 0 Å². The van der Waals surface area contributed by atoms with Crippen molar-refractivity contribution in [3.63, 3.8) is 0 Å². The molecule has 0 radical (unpaired) electrons. The van der Waals surface area contributed by atoms with Gasteiger partial charge in [-0.2, -0.15) is 0 Å². The highest BCUT2D eigenvalue weighted by molar-refractivity contribution is 5.75. The Labute approximate surface area is 75.2 Å². The molecule has 1 aromatic carbocycles. The highest BCUT2D eigenvalue weighted by Crippen LogP contribution is 2.13. The van der Waals surface area contributed by atoms with Gasteiger partial charge in [-0.25, -0.2) is 4.39 Å². The SMILES string of the molecule is CNC(C(=O)O)c1cccc(F)c1. The normalized spacial score (nSPS) is 12.5. The topological polar surface area (TPSA) is 49.3 Å². The van der Waals surface area contributed by atoms with Gasteiger partial charge in [0.15, 0.2) is 0 Å². The molecule has 0 aromatic heterocycles. The summed E-state index contributed by atoms with van der Waals surface area (Å²) in [5.41, 5.74) is 0.412. The number of benzene rings is 1. The predicted octanol–water partition coefficient (Wildman–Crippen LogP) is 1.17. The fourth-order valence-electron chi connectivity index (χ4n) is 1.12. The summed E-state index contributed by atoms with van der Waals surface area (Å²) >= 11 is 0. The lowest BCUT2D eigenvalue weighted by atomic mass is 10.1. The number of halogens is 1. The molecule has 1 atom stereocenters. The van der Waals surface area contributed by atoms with Gasteiger partial charge in [-0.1, -0.05) is 12.1 Å². The molecule has 0 aliphatic carbocycles. The van der Waals surface area contributed by atoms with E-state index in [0.717, 1.165) is 0 Å². The van der Waals surface area contributed by atoms with E-state index in [0.29, 0.717) is 5.56 Å². The van der Waals surface area contributed by atoms with Crippen molar-refractivity contribution in [1.29, 1.82) is 0 Å². The van der Waals surface area contributed by atoms with Gasteiger partial charge >= 0.3 is 5.97 Å². The van der Waals surface area contributed by atoms with Crippen LogP contribution in [-0.4, -0.2) is 18.1 Å². The molecule has 0 saturated carbocycles. The largest absolute Gasteiger partial charge is 0.480 e. The van der Waals surface area contributed by atoms with Gasteiger partial charge in [-0.3, -0.25) is 4.79 Å². The second kappa shape index (κ2) is 4.00. The summed E-state index contributed by atoms with van der Waals surface area (Å²) in [6.07, 6.45) is 0. The maximum absolute atomic E-state index is 12.7. The number of carboxylic acid groups (broad SMARTS) is 1. The summed E-state index contributed by atoms with van der Waals surface area (Å²) in [7, 11) is 1.52. The first kappa shape index (κ1) is 9.67. The van der Waals surface area contributed by atoms with Crippen LogP contribution in [0.25, 0.3) is 0 Å². The van der Waals surface area contributed by atoms with Crippen LogP contribution < -0.4 is 5.32 Å². The van der Waals surface area contributed by atoms with Crippen LogP contribution in [0.15, 0.2) is 24.3 Å². The zero-order valence-corrected chi connectivity index (χ0v) is 7.12. The molecule has 3 nitrogen and oxygen atoms in total. The molecule has 1 rings (SSSR count). The monoisotopic (exact) mass is 183 g/mol. The lowest BCUT2D eigenvalue weighted by Crippen LogP contribution is -2.24. The van der Waals surface area contributed by atoms with Crippen molar-refractivity contribution in [2.45, 2.75) is 6.04 Å². The summed E-state index contributed by atoms with van der Waals surface area (Å²) in [5.74, 6) is -1.45. The van der Waals surface area contributed by atoms with Crippen molar-refractivity contribution >= 4 is 5.97 Å². The molecule has 0 aliphatic rings. The van der Waals surface area contributed by atoms with E-state index < -0.39 is 17.8 Å². The van der Waals surface area contributed by atoms with Gasteiger partial charge in [-0.05, 0) is 24.7 Å². The molecular formula is C9H10FNO2. The Morgan fingerprint density at radius 2 is 2.31 bits per heavy atom. The fourth-order valence-corrected chi connectivity index (χ4v) is 1.12. The number of carbonyl (C=O) groups is 1. The van der Waals surface area contributed by atoms with Gasteiger partial charge in [0.25, 0.3) is 0 Å². The first-order valence-corrected chi connectivity index (χ1v) is 3.80. The van der Waals surface area contributed by atoms with Crippen LogP contribution in [0.4, 0.5) is 4.39 Å². The summed E-state index contributed by atoms with van der Waals surface area (Å²) < 4.78 is 12.7. The minimum atomic E-state index is -1.02. The van der Waals surface area contributed by atoms with Crippen LogP contribution in [0.5, 0.6) is 0 Å². The van der Waals surface area contributed by atoms with Crippen molar-refractivity contribution in [1.82, 2.24) is 5.32 Å². The van der Waals surface area contributed by atoms with Crippen LogP contribution in [0.1, 0.15) is 11.6 Å². The molecule has 1 aromatic rings. The Morgan fingerprint density at radius 3 is 2.77 bits per heavy atom. The Bertz CT molecular complexity index is 314. The first-order valence-electron chi connectivity index (χ1n) is 3.80. The Hall–Kier alpha value is -1.42. The Balaban J connectivity index is 2.98. The average molecular weight is 183 g/mol. The summed E-state index contributed by atoms with van der Waals surface area (Å²) in [5, 5.41) is 11.3. The second-order valence-corrected chi connectivity index (χ2v) is 2.61. The molecule has 0 saturated heterocycles. The van der Waals surface area contributed by atoms with E-state index in [9.17, 15) is 9.18 Å². The van der Waals surface area contributed by atoms with Gasteiger partial charge in [0.1, 0.15) is 11.9 Å². The number of hydrogen-bond acceptors (Lipinski definition) is 2. The van der Waals surface area contributed by atoms with E-state index in [2.05, 4.69) is 5.32 Å².